The number of benzene rings is 1. The molecule has 132 valence electrons. The molecule has 1 fully saturated rings. The van der Waals surface area contributed by atoms with E-state index >= 15 is 0 Å². The number of nitro groups is 1. The van der Waals surface area contributed by atoms with Crippen LogP contribution in [0.1, 0.15) is 26.2 Å². The van der Waals surface area contributed by atoms with Crippen molar-refractivity contribution in [1.82, 2.24) is 4.72 Å². The summed E-state index contributed by atoms with van der Waals surface area (Å²) in [6.07, 6.45) is 1.77. The fraction of sp³-hybridized carbons (Fsp3) is 0.500. The largest absolute Gasteiger partial charge is 0.481 e. The molecule has 1 saturated carbocycles. The number of anilines is 1. The Kier molecular flexibility index (Phi) is 5.40. The minimum atomic E-state index is -4.01. The second kappa shape index (κ2) is 7.14. The van der Waals surface area contributed by atoms with Crippen LogP contribution in [-0.2, 0) is 14.8 Å². The zero-order valence-corrected chi connectivity index (χ0v) is 13.9. The van der Waals surface area contributed by atoms with Gasteiger partial charge in [0.1, 0.15) is 5.69 Å². The maximum Gasteiger partial charge on any atom is 0.304 e. The number of nitrogens with one attached hydrogen (secondary N) is 2. The summed E-state index contributed by atoms with van der Waals surface area (Å²) in [5.74, 6) is -0.664. The molecule has 0 saturated heterocycles. The molecule has 1 aromatic carbocycles. The van der Waals surface area contributed by atoms with E-state index in [-0.39, 0.29) is 35.3 Å². The average molecular weight is 357 g/mol. The van der Waals surface area contributed by atoms with Crippen LogP contribution >= 0.6 is 0 Å². The molecule has 1 atom stereocenters. The molecule has 9 nitrogen and oxygen atoms in total. The Morgan fingerprint density at radius 1 is 1.46 bits per heavy atom. The SMILES string of the molecule is CC(Nc1ccc(S(=O)(=O)NCCC(=O)O)cc1[N+](=O)[O-])C1CC1. The van der Waals surface area contributed by atoms with E-state index in [9.17, 15) is 23.3 Å². The summed E-state index contributed by atoms with van der Waals surface area (Å²) < 4.78 is 26.3. The predicted octanol–water partition coefficient (Wildman–Crippen LogP) is 1.56. The number of rotatable bonds is 9. The topological polar surface area (TPSA) is 139 Å². The van der Waals surface area contributed by atoms with Crippen molar-refractivity contribution in [1.29, 1.82) is 0 Å². The number of nitro benzene ring substituents is 1. The van der Waals surface area contributed by atoms with Gasteiger partial charge in [0, 0.05) is 18.7 Å². The highest BCUT2D eigenvalue weighted by atomic mass is 32.2. The molecule has 1 unspecified atom stereocenters. The van der Waals surface area contributed by atoms with Gasteiger partial charge in [0.25, 0.3) is 5.69 Å². The molecule has 1 aromatic rings. The summed E-state index contributed by atoms with van der Waals surface area (Å²) in [6.45, 7) is 1.64. The van der Waals surface area contributed by atoms with Crippen molar-refractivity contribution < 1.29 is 23.2 Å². The van der Waals surface area contributed by atoms with E-state index < -0.39 is 20.9 Å². The van der Waals surface area contributed by atoms with Crippen LogP contribution in [0.5, 0.6) is 0 Å². The quantitative estimate of drug-likeness (QED) is 0.450. The van der Waals surface area contributed by atoms with Crippen molar-refractivity contribution in [2.45, 2.75) is 37.1 Å². The zero-order chi connectivity index (χ0) is 17.9. The highest BCUT2D eigenvalue weighted by Gasteiger charge is 2.30. The van der Waals surface area contributed by atoms with Crippen molar-refractivity contribution in [3.8, 4) is 0 Å². The summed E-state index contributed by atoms with van der Waals surface area (Å²) in [6, 6.07) is 3.67. The standard InChI is InChI=1S/C14H19N3O6S/c1-9(10-2-3-10)16-12-5-4-11(8-13(12)17(20)21)24(22,23)15-7-6-14(18)19/h4-5,8-10,15-16H,2-3,6-7H2,1H3,(H,18,19). The predicted molar refractivity (Wildman–Crippen MR) is 86.3 cm³/mol. The first-order valence-corrected chi connectivity index (χ1v) is 8.95. The maximum atomic E-state index is 12.1. The Morgan fingerprint density at radius 3 is 2.67 bits per heavy atom. The highest BCUT2D eigenvalue weighted by Crippen LogP contribution is 2.36. The van der Waals surface area contributed by atoms with Crippen LogP contribution in [0.3, 0.4) is 0 Å². The van der Waals surface area contributed by atoms with Gasteiger partial charge >= 0.3 is 5.97 Å². The molecule has 2 rings (SSSR count). The number of hydrogen-bond donors (Lipinski definition) is 3. The van der Waals surface area contributed by atoms with E-state index in [0.29, 0.717) is 5.92 Å². The molecular formula is C14H19N3O6S. The monoisotopic (exact) mass is 357 g/mol. The summed E-state index contributed by atoms with van der Waals surface area (Å²) in [5, 5.41) is 22.8. The molecule has 3 N–H and O–H groups in total. The molecule has 24 heavy (non-hydrogen) atoms. The fourth-order valence-electron chi connectivity index (χ4n) is 2.29. The second-order valence-corrected chi connectivity index (χ2v) is 7.51. The molecular weight excluding hydrogens is 338 g/mol. The minimum Gasteiger partial charge on any atom is -0.481 e. The lowest BCUT2D eigenvalue weighted by Gasteiger charge is -2.15. The van der Waals surface area contributed by atoms with Gasteiger partial charge in [0.2, 0.25) is 10.0 Å². The first kappa shape index (κ1) is 18.1. The van der Waals surface area contributed by atoms with Crippen LogP contribution in [-0.4, -0.2) is 37.0 Å². The van der Waals surface area contributed by atoms with Crippen LogP contribution in [0.25, 0.3) is 0 Å². The van der Waals surface area contributed by atoms with E-state index in [1.807, 2.05) is 6.92 Å². The van der Waals surface area contributed by atoms with Gasteiger partial charge in [-0.2, -0.15) is 0 Å². The maximum absolute atomic E-state index is 12.1. The van der Waals surface area contributed by atoms with E-state index in [4.69, 9.17) is 5.11 Å². The Labute approximate surface area is 139 Å². The Bertz CT molecular complexity index is 745. The Morgan fingerprint density at radius 2 is 2.12 bits per heavy atom. The summed E-state index contributed by atoms with van der Waals surface area (Å²) in [4.78, 5) is 20.8. The second-order valence-electron chi connectivity index (χ2n) is 5.75. The molecule has 0 bridgehead atoms. The third kappa shape index (κ3) is 4.65. The van der Waals surface area contributed by atoms with Gasteiger partial charge in [0.15, 0.2) is 0 Å². The van der Waals surface area contributed by atoms with Gasteiger partial charge in [0.05, 0.1) is 16.2 Å². The van der Waals surface area contributed by atoms with Crippen molar-refractivity contribution in [2.75, 3.05) is 11.9 Å². The Balaban J connectivity index is 2.20. The smallest absolute Gasteiger partial charge is 0.304 e. The minimum absolute atomic E-state index is 0.0693. The van der Waals surface area contributed by atoms with Crippen molar-refractivity contribution in [3.05, 3.63) is 28.3 Å². The molecule has 10 heteroatoms. The molecule has 1 aliphatic rings. The van der Waals surface area contributed by atoms with E-state index in [2.05, 4.69) is 10.0 Å². The van der Waals surface area contributed by atoms with E-state index in [0.717, 1.165) is 18.9 Å². The zero-order valence-electron chi connectivity index (χ0n) is 13.1. The average Bonchev–Trinajstić information content (AvgIpc) is 3.31. The van der Waals surface area contributed by atoms with Gasteiger partial charge < -0.3 is 10.4 Å². The fourth-order valence-corrected chi connectivity index (χ4v) is 3.34. The molecule has 0 heterocycles. The Hall–Kier alpha value is -2.20. The summed E-state index contributed by atoms with van der Waals surface area (Å²) in [7, 11) is -4.01. The van der Waals surface area contributed by atoms with Crippen molar-refractivity contribution >= 4 is 27.4 Å². The number of carboxylic acid groups (broad SMARTS) is 1. The van der Waals surface area contributed by atoms with Crippen molar-refractivity contribution in [2.24, 2.45) is 5.92 Å². The van der Waals surface area contributed by atoms with Gasteiger partial charge in [-0.05, 0) is 37.8 Å². The number of aliphatic carboxylic acids is 1. The molecule has 1 aliphatic carbocycles. The number of sulfonamides is 1. The van der Waals surface area contributed by atoms with Crippen LogP contribution in [0, 0.1) is 16.0 Å². The molecule has 0 aliphatic heterocycles. The highest BCUT2D eigenvalue weighted by molar-refractivity contribution is 7.89. The van der Waals surface area contributed by atoms with Crippen LogP contribution in [0.15, 0.2) is 23.1 Å². The number of nitrogens with zero attached hydrogens (tertiary/aromatic N) is 1. The molecule has 0 amide bonds. The van der Waals surface area contributed by atoms with Gasteiger partial charge in [-0.15, -0.1) is 0 Å². The van der Waals surface area contributed by atoms with Crippen molar-refractivity contribution in [3.63, 3.8) is 0 Å². The van der Waals surface area contributed by atoms with E-state index in [1.54, 1.807) is 0 Å². The first-order valence-electron chi connectivity index (χ1n) is 7.47. The number of carbonyl (C=O) groups is 1. The third-order valence-electron chi connectivity index (χ3n) is 3.82. The lowest BCUT2D eigenvalue weighted by molar-refractivity contribution is -0.384. The van der Waals surface area contributed by atoms with Gasteiger partial charge in [-0.1, -0.05) is 0 Å². The van der Waals surface area contributed by atoms with Gasteiger partial charge in [-0.25, -0.2) is 13.1 Å². The van der Waals surface area contributed by atoms with Crippen LogP contribution in [0.4, 0.5) is 11.4 Å². The lowest BCUT2D eigenvalue weighted by atomic mass is 10.2. The molecule has 0 spiro atoms. The normalized spacial score (nSPS) is 15.7. The third-order valence-corrected chi connectivity index (χ3v) is 5.28. The first-order chi connectivity index (χ1) is 11.2. The molecule has 0 radical (unpaired) electrons. The van der Waals surface area contributed by atoms with Crippen LogP contribution < -0.4 is 10.0 Å². The lowest BCUT2D eigenvalue weighted by Crippen LogP contribution is -2.26. The summed E-state index contributed by atoms with van der Waals surface area (Å²) >= 11 is 0. The number of carboxylic acids is 1. The number of hydrogen-bond acceptors (Lipinski definition) is 6. The summed E-state index contributed by atoms with van der Waals surface area (Å²) in [5.41, 5.74) is -0.0625. The van der Waals surface area contributed by atoms with Crippen LogP contribution in [0.2, 0.25) is 0 Å². The van der Waals surface area contributed by atoms with Gasteiger partial charge in [-0.3, -0.25) is 14.9 Å². The molecule has 0 aromatic heterocycles. The van der Waals surface area contributed by atoms with E-state index in [1.165, 1.54) is 12.1 Å².